The van der Waals surface area contributed by atoms with E-state index < -0.39 is 28.4 Å². The molecule has 0 radical (unpaired) electrons. The van der Waals surface area contributed by atoms with Crippen LogP contribution in [0.2, 0.25) is 0 Å². The maximum absolute atomic E-state index is 12.9. The van der Waals surface area contributed by atoms with Crippen molar-refractivity contribution >= 4 is 51.2 Å². The van der Waals surface area contributed by atoms with Crippen LogP contribution < -0.4 is 15.2 Å². The van der Waals surface area contributed by atoms with Crippen molar-refractivity contribution in [3.05, 3.63) is 104 Å². The summed E-state index contributed by atoms with van der Waals surface area (Å²) in [6.07, 6.45) is 1.16. The van der Waals surface area contributed by atoms with E-state index in [0.717, 1.165) is 15.6 Å². The first-order valence-electron chi connectivity index (χ1n) is 9.52. The lowest BCUT2D eigenvalue weighted by Crippen LogP contribution is -2.35. The van der Waals surface area contributed by atoms with E-state index in [-0.39, 0.29) is 22.4 Å². The molecule has 0 atom stereocenters. The Bertz CT molecular complexity index is 1310. The van der Waals surface area contributed by atoms with Crippen molar-refractivity contribution in [2.24, 2.45) is 0 Å². The standard InChI is InChI=1S/C23H14BrN3O6/c24-16-11-9-14(10-12-16)23(30)33-20-15(5-4-8-19(20)27(31)32)13-18-21(28)25-26(22(18)29)17-6-2-1-3-7-17/h1-13H,(H,25,28)/b18-13-. The largest absolute Gasteiger partial charge is 0.415 e. The molecule has 1 saturated heterocycles. The average molecular weight is 508 g/mol. The van der Waals surface area contributed by atoms with Crippen molar-refractivity contribution in [1.82, 2.24) is 5.43 Å². The number of nitrogens with one attached hydrogen (secondary N) is 1. The summed E-state index contributed by atoms with van der Waals surface area (Å²) in [5, 5.41) is 12.6. The fourth-order valence-corrected chi connectivity index (χ4v) is 3.38. The molecule has 9 nitrogen and oxygen atoms in total. The molecule has 2 amide bonds. The second-order valence-electron chi connectivity index (χ2n) is 6.82. The molecule has 0 saturated carbocycles. The maximum atomic E-state index is 12.9. The van der Waals surface area contributed by atoms with Gasteiger partial charge in [-0.15, -0.1) is 0 Å². The summed E-state index contributed by atoms with van der Waals surface area (Å²) in [5.41, 5.74) is 2.34. The molecule has 3 aromatic rings. The highest BCUT2D eigenvalue weighted by molar-refractivity contribution is 9.10. The molecule has 4 rings (SSSR count). The van der Waals surface area contributed by atoms with Crippen molar-refractivity contribution in [3.63, 3.8) is 0 Å². The van der Waals surface area contributed by atoms with E-state index in [4.69, 9.17) is 4.74 Å². The van der Waals surface area contributed by atoms with E-state index in [1.165, 1.54) is 30.3 Å². The lowest BCUT2D eigenvalue weighted by molar-refractivity contribution is -0.385. The highest BCUT2D eigenvalue weighted by atomic mass is 79.9. The Labute approximate surface area is 195 Å². The minimum Gasteiger partial charge on any atom is -0.415 e. The van der Waals surface area contributed by atoms with Crippen molar-refractivity contribution in [2.45, 2.75) is 0 Å². The Hall–Kier alpha value is -4.31. The fraction of sp³-hybridized carbons (Fsp3) is 0. The molecule has 0 bridgehead atoms. The number of halogens is 1. The Kier molecular flexibility index (Phi) is 6.01. The predicted molar refractivity (Wildman–Crippen MR) is 122 cm³/mol. The number of esters is 1. The SMILES string of the molecule is O=C1NN(c2ccccc2)C(=O)/C1=C\c1cccc([N+](=O)[O-])c1OC(=O)c1ccc(Br)cc1. The molecule has 10 heteroatoms. The van der Waals surface area contributed by atoms with Gasteiger partial charge in [0.1, 0.15) is 5.57 Å². The lowest BCUT2D eigenvalue weighted by Gasteiger charge is -2.14. The number of para-hydroxylation sites is 2. The number of carbonyl (C=O) groups excluding carboxylic acids is 3. The summed E-state index contributed by atoms with van der Waals surface area (Å²) < 4.78 is 6.10. The predicted octanol–water partition coefficient (Wildman–Crippen LogP) is 4.04. The van der Waals surface area contributed by atoms with Crippen molar-refractivity contribution in [3.8, 4) is 5.75 Å². The quantitative estimate of drug-likeness (QED) is 0.139. The van der Waals surface area contributed by atoms with Gasteiger partial charge in [0.05, 0.1) is 16.2 Å². The van der Waals surface area contributed by atoms with E-state index in [1.807, 2.05) is 0 Å². The van der Waals surface area contributed by atoms with Crippen LogP contribution in [0.1, 0.15) is 15.9 Å². The van der Waals surface area contributed by atoms with Crippen molar-refractivity contribution in [1.29, 1.82) is 0 Å². The molecule has 0 spiro atoms. The number of rotatable bonds is 5. The second kappa shape index (κ2) is 9.05. The van der Waals surface area contributed by atoms with Crippen LogP contribution in [-0.4, -0.2) is 22.7 Å². The number of benzene rings is 3. The van der Waals surface area contributed by atoms with Gasteiger partial charge in [-0.3, -0.25) is 25.1 Å². The summed E-state index contributed by atoms with van der Waals surface area (Å²) >= 11 is 3.26. The van der Waals surface area contributed by atoms with Crippen molar-refractivity contribution < 1.29 is 24.0 Å². The molecule has 1 N–H and O–H groups in total. The molecule has 0 aromatic heterocycles. The highest BCUT2D eigenvalue weighted by Crippen LogP contribution is 2.34. The van der Waals surface area contributed by atoms with E-state index in [0.29, 0.717) is 5.69 Å². The van der Waals surface area contributed by atoms with E-state index >= 15 is 0 Å². The summed E-state index contributed by atoms with van der Waals surface area (Å²) in [6.45, 7) is 0. The number of nitro groups is 1. The molecule has 1 fully saturated rings. The summed E-state index contributed by atoms with van der Waals surface area (Å²) in [5.74, 6) is -2.55. The number of amides is 2. The lowest BCUT2D eigenvalue weighted by atomic mass is 10.1. The summed E-state index contributed by atoms with van der Waals surface area (Å²) in [6, 6.07) is 18.6. The summed E-state index contributed by atoms with van der Waals surface area (Å²) in [7, 11) is 0. The Morgan fingerprint density at radius 1 is 1.00 bits per heavy atom. The number of carbonyl (C=O) groups is 3. The second-order valence-corrected chi connectivity index (χ2v) is 7.74. The Morgan fingerprint density at radius 3 is 2.36 bits per heavy atom. The normalized spacial score (nSPS) is 14.3. The van der Waals surface area contributed by atoms with Gasteiger partial charge in [-0.2, -0.15) is 0 Å². The summed E-state index contributed by atoms with van der Waals surface area (Å²) in [4.78, 5) is 48.8. The van der Waals surface area contributed by atoms with E-state index in [9.17, 15) is 24.5 Å². The van der Waals surface area contributed by atoms with E-state index in [2.05, 4.69) is 21.4 Å². The topological polar surface area (TPSA) is 119 Å². The van der Waals surface area contributed by atoms with Gasteiger partial charge in [-0.05, 0) is 42.5 Å². The number of hydrogen-bond acceptors (Lipinski definition) is 6. The van der Waals surface area contributed by atoms with Gasteiger partial charge < -0.3 is 4.74 Å². The number of hydrazine groups is 1. The van der Waals surface area contributed by atoms with Crippen LogP contribution in [0.5, 0.6) is 5.75 Å². The van der Waals surface area contributed by atoms with E-state index in [1.54, 1.807) is 42.5 Å². The van der Waals surface area contributed by atoms with Crippen LogP contribution in [0, 0.1) is 10.1 Å². The zero-order valence-corrected chi connectivity index (χ0v) is 18.3. The van der Waals surface area contributed by atoms with Crippen LogP contribution in [0.25, 0.3) is 6.08 Å². The van der Waals surface area contributed by atoms with Crippen LogP contribution >= 0.6 is 15.9 Å². The molecule has 33 heavy (non-hydrogen) atoms. The molecule has 0 aliphatic carbocycles. The fourth-order valence-electron chi connectivity index (χ4n) is 3.12. The Morgan fingerprint density at radius 2 is 1.70 bits per heavy atom. The first-order valence-corrected chi connectivity index (χ1v) is 10.3. The third kappa shape index (κ3) is 4.51. The minimum absolute atomic E-state index is 0.0306. The third-order valence-electron chi connectivity index (χ3n) is 4.70. The van der Waals surface area contributed by atoms with Crippen LogP contribution in [0.4, 0.5) is 11.4 Å². The number of nitro benzene ring substituents is 1. The van der Waals surface area contributed by atoms with Gasteiger partial charge in [0.2, 0.25) is 5.75 Å². The molecule has 3 aromatic carbocycles. The average Bonchev–Trinajstić information content (AvgIpc) is 3.09. The minimum atomic E-state index is -0.829. The third-order valence-corrected chi connectivity index (χ3v) is 5.23. The van der Waals surface area contributed by atoms with Gasteiger partial charge in [-0.25, -0.2) is 9.80 Å². The number of hydrogen-bond donors (Lipinski definition) is 1. The molecule has 0 unspecified atom stereocenters. The van der Waals surface area contributed by atoms with Gasteiger partial charge in [0.25, 0.3) is 11.8 Å². The van der Waals surface area contributed by atoms with Crippen molar-refractivity contribution in [2.75, 3.05) is 5.01 Å². The molecule has 1 aliphatic heterocycles. The molecular formula is C23H14BrN3O6. The monoisotopic (exact) mass is 507 g/mol. The first kappa shape index (κ1) is 21.9. The Balaban J connectivity index is 1.73. The highest BCUT2D eigenvalue weighted by Gasteiger charge is 2.35. The number of anilines is 1. The molecular weight excluding hydrogens is 494 g/mol. The smallest absolute Gasteiger partial charge is 0.343 e. The molecule has 164 valence electrons. The van der Waals surface area contributed by atoms with Gasteiger partial charge >= 0.3 is 11.7 Å². The zero-order chi connectivity index (χ0) is 23.5. The van der Waals surface area contributed by atoms with Gasteiger partial charge in [0.15, 0.2) is 0 Å². The molecule has 1 heterocycles. The molecule has 1 aliphatic rings. The maximum Gasteiger partial charge on any atom is 0.343 e. The zero-order valence-electron chi connectivity index (χ0n) is 16.7. The van der Waals surface area contributed by atoms with Crippen LogP contribution in [-0.2, 0) is 9.59 Å². The first-order chi connectivity index (χ1) is 15.8. The van der Waals surface area contributed by atoms with Gasteiger partial charge in [0, 0.05) is 16.1 Å². The number of ether oxygens (including phenoxy) is 1. The van der Waals surface area contributed by atoms with Gasteiger partial charge in [-0.1, -0.05) is 46.3 Å². The van der Waals surface area contributed by atoms with Crippen LogP contribution in [0.3, 0.4) is 0 Å². The van der Waals surface area contributed by atoms with Crippen LogP contribution in [0.15, 0.2) is 82.8 Å². The number of nitrogens with zero attached hydrogens (tertiary/aromatic N) is 2.